The monoisotopic (exact) mass is 241 g/mol. The van der Waals surface area contributed by atoms with Gasteiger partial charge in [-0.2, -0.15) is 5.10 Å². The molecule has 2 rings (SSSR count). The van der Waals surface area contributed by atoms with Gasteiger partial charge in [0.15, 0.2) is 5.84 Å². The minimum absolute atomic E-state index is 0.217. The van der Waals surface area contributed by atoms with E-state index < -0.39 is 0 Å². The molecule has 1 amide bonds. The number of amidine groups is 1. The number of rotatable bonds is 3. The molecule has 0 atom stereocenters. The molecule has 0 radical (unpaired) electrons. The van der Waals surface area contributed by atoms with Crippen molar-refractivity contribution in [3.8, 4) is 0 Å². The second-order valence-corrected chi connectivity index (χ2v) is 3.42. The molecule has 0 spiro atoms. The lowest BCUT2D eigenvalue weighted by Gasteiger charge is -2.01. The summed E-state index contributed by atoms with van der Waals surface area (Å²) in [5.74, 6) is -0.144. The third kappa shape index (κ3) is 2.88. The van der Waals surface area contributed by atoms with Gasteiger partial charge in [-0.3, -0.25) is 14.8 Å². The molecule has 2 heterocycles. The lowest BCUT2D eigenvalue weighted by atomic mass is 10.2. The number of amides is 1. The first kappa shape index (κ1) is 11.7. The molecule has 0 saturated heterocycles. The smallest absolute Gasteiger partial charge is 0.272 e. The zero-order valence-corrected chi connectivity index (χ0v) is 9.45. The van der Waals surface area contributed by atoms with Crippen molar-refractivity contribution in [1.29, 1.82) is 0 Å². The number of hydrazone groups is 1. The quantitative estimate of drug-likeness (QED) is 0.465. The molecule has 0 aliphatic rings. The Morgan fingerprint density at radius 1 is 1.11 bits per heavy atom. The average molecular weight is 241 g/mol. The Bertz CT molecular complexity index is 553. The predicted octanol–water partition coefficient (Wildman–Crippen LogP) is 0.527. The molecule has 6 heteroatoms. The third-order valence-corrected chi connectivity index (χ3v) is 2.18. The van der Waals surface area contributed by atoms with Crippen molar-refractivity contribution >= 4 is 11.7 Å². The predicted molar refractivity (Wildman–Crippen MR) is 66.7 cm³/mol. The van der Waals surface area contributed by atoms with Gasteiger partial charge >= 0.3 is 0 Å². The van der Waals surface area contributed by atoms with Crippen LogP contribution < -0.4 is 11.2 Å². The van der Waals surface area contributed by atoms with Crippen molar-refractivity contribution < 1.29 is 4.79 Å². The van der Waals surface area contributed by atoms with E-state index in [1.54, 1.807) is 42.9 Å². The fourth-order valence-corrected chi connectivity index (χ4v) is 1.26. The summed E-state index contributed by atoms with van der Waals surface area (Å²) in [6, 6.07) is 6.72. The molecule has 0 aliphatic heterocycles. The van der Waals surface area contributed by atoms with Crippen LogP contribution in [0.15, 0.2) is 54.2 Å². The van der Waals surface area contributed by atoms with E-state index in [1.807, 2.05) is 0 Å². The van der Waals surface area contributed by atoms with Crippen LogP contribution in [0, 0.1) is 0 Å². The number of pyridine rings is 2. The molecule has 0 aromatic carbocycles. The SMILES string of the molecule is N/C(=N\NC(=O)c1cccnc1)c1ccncc1. The van der Waals surface area contributed by atoms with E-state index in [-0.39, 0.29) is 11.7 Å². The Labute approximate surface area is 104 Å². The molecule has 0 aliphatic carbocycles. The van der Waals surface area contributed by atoms with Gasteiger partial charge in [0, 0.05) is 30.4 Å². The van der Waals surface area contributed by atoms with Gasteiger partial charge in [0.2, 0.25) is 0 Å². The molecule has 90 valence electrons. The van der Waals surface area contributed by atoms with Crippen LogP contribution in [-0.2, 0) is 0 Å². The summed E-state index contributed by atoms with van der Waals surface area (Å²) in [4.78, 5) is 19.4. The normalized spacial score (nSPS) is 11.0. The molecule has 3 N–H and O–H groups in total. The summed E-state index contributed by atoms with van der Waals surface area (Å²) in [5, 5.41) is 3.81. The van der Waals surface area contributed by atoms with Crippen LogP contribution >= 0.6 is 0 Å². The average Bonchev–Trinajstić information content (AvgIpc) is 2.46. The van der Waals surface area contributed by atoms with Crippen molar-refractivity contribution in [1.82, 2.24) is 15.4 Å². The molecule has 0 bridgehead atoms. The van der Waals surface area contributed by atoms with Crippen molar-refractivity contribution in [2.24, 2.45) is 10.8 Å². The molecule has 0 fully saturated rings. The maximum Gasteiger partial charge on any atom is 0.272 e. The molecule has 6 nitrogen and oxygen atoms in total. The third-order valence-electron chi connectivity index (χ3n) is 2.18. The number of nitrogens with zero attached hydrogens (tertiary/aromatic N) is 3. The zero-order valence-electron chi connectivity index (χ0n) is 9.45. The zero-order chi connectivity index (χ0) is 12.8. The van der Waals surface area contributed by atoms with E-state index in [9.17, 15) is 4.79 Å². The van der Waals surface area contributed by atoms with Crippen LogP contribution in [0.2, 0.25) is 0 Å². The highest BCUT2D eigenvalue weighted by Gasteiger charge is 2.04. The highest BCUT2D eigenvalue weighted by atomic mass is 16.2. The summed E-state index contributed by atoms with van der Waals surface area (Å²) in [6.45, 7) is 0. The van der Waals surface area contributed by atoms with E-state index in [2.05, 4.69) is 20.5 Å². The largest absolute Gasteiger partial charge is 0.382 e. The number of carbonyl (C=O) groups is 1. The summed E-state index contributed by atoms with van der Waals surface area (Å²) in [6.07, 6.45) is 6.24. The summed E-state index contributed by atoms with van der Waals surface area (Å²) < 4.78 is 0. The molecule has 2 aromatic heterocycles. The number of hydrogen-bond acceptors (Lipinski definition) is 4. The van der Waals surface area contributed by atoms with Gasteiger partial charge in [0.25, 0.3) is 5.91 Å². The van der Waals surface area contributed by atoms with Gasteiger partial charge in [-0.1, -0.05) is 0 Å². The standard InChI is InChI=1S/C12H11N5O/c13-11(9-3-6-14-7-4-9)16-17-12(18)10-2-1-5-15-8-10/h1-8H,(H2,13,16)(H,17,18). The van der Waals surface area contributed by atoms with Gasteiger partial charge in [0.1, 0.15) is 0 Å². The highest BCUT2D eigenvalue weighted by Crippen LogP contribution is 1.97. The fraction of sp³-hybridized carbons (Fsp3) is 0. The Hall–Kier alpha value is -2.76. The maximum absolute atomic E-state index is 11.7. The van der Waals surface area contributed by atoms with Crippen LogP contribution in [-0.4, -0.2) is 21.7 Å². The molecule has 0 unspecified atom stereocenters. The second-order valence-electron chi connectivity index (χ2n) is 3.42. The van der Waals surface area contributed by atoms with Crippen LogP contribution in [0.25, 0.3) is 0 Å². The van der Waals surface area contributed by atoms with Gasteiger partial charge < -0.3 is 5.73 Å². The first-order chi connectivity index (χ1) is 8.77. The Kier molecular flexibility index (Phi) is 3.60. The van der Waals surface area contributed by atoms with Gasteiger partial charge in [-0.15, -0.1) is 0 Å². The summed E-state index contributed by atoms with van der Waals surface area (Å²) in [5.41, 5.74) is 9.19. The molecular weight excluding hydrogens is 230 g/mol. The van der Waals surface area contributed by atoms with Gasteiger partial charge in [-0.25, -0.2) is 5.43 Å². The van der Waals surface area contributed by atoms with Gasteiger partial charge in [-0.05, 0) is 24.3 Å². The number of nitrogens with two attached hydrogens (primary N) is 1. The van der Waals surface area contributed by atoms with E-state index in [0.29, 0.717) is 11.1 Å². The minimum Gasteiger partial charge on any atom is -0.382 e. The van der Waals surface area contributed by atoms with E-state index in [0.717, 1.165) is 0 Å². The number of aromatic nitrogens is 2. The Morgan fingerprint density at radius 2 is 1.89 bits per heavy atom. The van der Waals surface area contributed by atoms with Crippen LogP contribution in [0.1, 0.15) is 15.9 Å². The van der Waals surface area contributed by atoms with Crippen molar-refractivity contribution in [3.05, 3.63) is 60.2 Å². The number of hydrogen-bond donors (Lipinski definition) is 2. The second kappa shape index (κ2) is 5.53. The Balaban J connectivity index is 2.05. The first-order valence-electron chi connectivity index (χ1n) is 5.21. The van der Waals surface area contributed by atoms with Crippen LogP contribution in [0.4, 0.5) is 0 Å². The van der Waals surface area contributed by atoms with Crippen LogP contribution in [0.5, 0.6) is 0 Å². The van der Waals surface area contributed by atoms with Gasteiger partial charge in [0.05, 0.1) is 5.56 Å². The first-order valence-corrected chi connectivity index (χ1v) is 5.21. The highest BCUT2D eigenvalue weighted by molar-refractivity contribution is 5.99. The van der Waals surface area contributed by atoms with E-state index in [4.69, 9.17) is 5.73 Å². The maximum atomic E-state index is 11.7. The lowest BCUT2D eigenvalue weighted by molar-refractivity contribution is 0.0954. The van der Waals surface area contributed by atoms with Crippen LogP contribution in [0.3, 0.4) is 0 Å². The van der Waals surface area contributed by atoms with E-state index >= 15 is 0 Å². The number of nitrogens with one attached hydrogen (secondary N) is 1. The number of carbonyl (C=O) groups excluding carboxylic acids is 1. The minimum atomic E-state index is -0.361. The van der Waals surface area contributed by atoms with E-state index in [1.165, 1.54) is 6.20 Å². The van der Waals surface area contributed by atoms with Crippen molar-refractivity contribution in [2.45, 2.75) is 0 Å². The molecule has 18 heavy (non-hydrogen) atoms. The van der Waals surface area contributed by atoms with Crippen molar-refractivity contribution in [2.75, 3.05) is 0 Å². The van der Waals surface area contributed by atoms with Crippen molar-refractivity contribution in [3.63, 3.8) is 0 Å². The topological polar surface area (TPSA) is 93.3 Å². The molecule has 0 saturated carbocycles. The fourth-order valence-electron chi connectivity index (χ4n) is 1.26. The molecule has 2 aromatic rings. The molecular formula is C12H11N5O. The lowest BCUT2D eigenvalue weighted by Crippen LogP contribution is -2.24. The summed E-state index contributed by atoms with van der Waals surface area (Å²) in [7, 11) is 0. The Morgan fingerprint density at radius 3 is 2.56 bits per heavy atom. The summed E-state index contributed by atoms with van der Waals surface area (Å²) >= 11 is 0.